The van der Waals surface area contributed by atoms with E-state index in [1.54, 1.807) is 4.52 Å². The van der Waals surface area contributed by atoms with Crippen molar-refractivity contribution < 1.29 is 0 Å². The predicted octanol–water partition coefficient (Wildman–Crippen LogP) is 2.78. The molecule has 72 valence electrons. The molecule has 0 amide bonds. The number of aromatic nitrogens is 3. The SMILES string of the molecule is CC.CC.c1ccn2ncnc2c1. The van der Waals surface area contributed by atoms with Crippen LogP contribution in [0.3, 0.4) is 0 Å². The fraction of sp³-hybridized carbons (Fsp3) is 0.400. The van der Waals surface area contributed by atoms with Crippen LogP contribution in [0.15, 0.2) is 30.7 Å². The van der Waals surface area contributed by atoms with E-state index < -0.39 is 0 Å². The highest BCUT2D eigenvalue weighted by Crippen LogP contribution is 1.93. The van der Waals surface area contributed by atoms with Crippen molar-refractivity contribution in [3.63, 3.8) is 0 Å². The zero-order chi connectivity index (χ0) is 10.1. The number of hydrogen-bond donors (Lipinski definition) is 0. The molecule has 2 aromatic rings. The summed E-state index contributed by atoms with van der Waals surface area (Å²) in [6.07, 6.45) is 3.40. The lowest BCUT2D eigenvalue weighted by Crippen LogP contribution is -1.82. The lowest BCUT2D eigenvalue weighted by Gasteiger charge is -1.84. The van der Waals surface area contributed by atoms with Crippen LogP contribution >= 0.6 is 0 Å². The monoisotopic (exact) mass is 179 g/mol. The largest absolute Gasteiger partial charge is 0.221 e. The van der Waals surface area contributed by atoms with E-state index in [4.69, 9.17) is 0 Å². The minimum atomic E-state index is 0.887. The summed E-state index contributed by atoms with van der Waals surface area (Å²) in [4.78, 5) is 3.97. The van der Waals surface area contributed by atoms with Gasteiger partial charge in [0.1, 0.15) is 6.33 Å². The van der Waals surface area contributed by atoms with Gasteiger partial charge in [-0.15, -0.1) is 0 Å². The summed E-state index contributed by atoms with van der Waals surface area (Å²) in [6, 6.07) is 5.76. The molecule has 0 saturated carbocycles. The molecule has 0 unspecified atom stereocenters. The van der Waals surface area contributed by atoms with Gasteiger partial charge in [0, 0.05) is 6.20 Å². The maximum absolute atomic E-state index is 3.97. The van der Waals surface area contributed by atoms with Crippen molar-refractivity contribution in [2.45, 2.75) is 27.7 Å². The quantitative estimate of drug-likeness (QED) is 0.622. The molecule has 0 fully saturated rings. The Labute approximate surface area is 79.4 Å². The number of pyridine rings is 1. The summed E-state index contributed by atoms with van der Waals surface area (Å²) in [5, 5.41) is 3.92. The van der Waals surface area contributed by atoms with E-state index in [2.05, 4.69) is 10.1 Å². The van der Waals surface area contributed by atoms with E-state index in [0.29, 0.717) is 0 Å². The highest BCUT2D eigenvalue weighted by Gasteiger charge is 1.86. The van der Waals surface area contributed by atoms with Gasteiger partial charge in [0.2, 0.25) is 0 Å². The van der Waals surface area contributed by atoms with Crippen LogP contribution in [0.5, 0.6) is 0 Å². The van der Waals surface area contributed by atoms with Crippen molar-refractivity contribution in [3.8, 4) is 0 Å². The second-order valence-electron chi connectivity index (χ2n) is 1.76. The van der Waals surface area contributed by atoms with Crippen LogP contribution in [0.25, 0.3) is 5.65 Å². The Hall–Kier alpha value is -1.38. The third kappa shape index (κ3) is 3.23. The number of fused-ring (bicyclic) bond motifs is 1. The zero-order valence-electron chi connectivity index (χ0n) is 8.73. The van der Waals surface area contributed by atoms with Gasteiger partial charge in [-0.25, -0.2) is 9.50 Å². The summed E-state index contributed by atoms with van der Waals surface area (Å²) in [5.74, 6) is 0. The van der Waals surface area contributed by atoms with Crippen molar-refractivity contribution in [1.82, 2.24) is 14.6 Å². The molecule has 3 heteroatoms. The Balaban J connectivity index is 0.000000322. The molecule has 0 atom stereocenters. The molecule has 0 radical (unpaired) electrons. The smallest absolute Gasteiger partial charge is 0.155 e. The molecule has 3 nitrogen and oxygen atoms in total. The van der Waals surface area contributed by atoms with Crippen LogP contribution < -0.4 is 0 Å². The molecule has 2 rings (SSSR count). The van der Waals surface area contributed by atoms with Crippen LogP contribution in [-0.2, 0) is 0 Å². The molecule has 0 bridgehead atoms. The van der Waals surface area contributed by atoms with Gasteiger partial charge < -0.3 is 0 Å². The van der Waals surface area contributed by atoms with Crippen molar-refractivity contribution in [1.29, 1.82) is 0 Å². The van der Waals surface area contributed by atoms with Crippen molar-refractivity contribution in [3.05, 3.63) is 30.7 Å². The van der Waals surface area contributed by atoms with Crippen LogP contribution in [0.1, 0.15) is 27.7 Å². The summed E-state index contributed by atoms with van der Waals surface area (Å²) >= 11 is 0. The molecule has 2 heterocycles. The minimum absolute atomic E-state index is 0.887. The molecule has 0 N–H and O–H groups in total. The van der Waals surface area contributed by atoms with E-state index in [1.165, 1.54) is 6.33 Å². The average Bonchev–Trinajstić information content (AvgIpc) is 2.71. The third-order valence-electron chi connectivity index (χ3n) is 1.18. The predicted molar refractivity (Wildman–Crippen MR) is 55.7 cm³/mol. The molecule has 0 aromatic carbocycles. The van der Waals surface area contributed by atoms with Crippen LogP contribution in [0, 0.1) is 0 Å². The van der Waals surface area contributed by atoms with E-state index in [9.17, 15) is 0 Å². The van der Waals surface area contributed by atoms with Crippen LogP contribution in [0.2, 0.25) is 0 Å². The Morgan fingerprint density at radius 1 is 1.08 bits per heavy atom. The summed E-state index contributed by atoms with van der Waals surface area (Å²) < 4.78 is 1.72. The molecular formula is C10H17N3. The topological polar surface area (TPSA) is 30.2 Å². The highest BCUT2D eigenvalue weighted by molar-refractivity contribution is 5.34. The molecule has 0 aliphatic heterocycles. The Morgan fingerprint density at radius 2 is 1.77 bits per heavy atom. The maximum atomic E-state index is 3.97. The normalized spacial score (nSPS) is 8.00. The van der Waals surface area contributed by atoms with E-state index >= 15 is 0 Å². The first kappa shape index (κ1) is 11.6. The summed E-state index contributed by atoms with van der Waals surface area (Å²) in [5.41, 5.74) is 0.887. The molecule has 0 saturated heterocycles. The van der Waals surface area contributed by atoms with E-state index in [-0.39, 0.29) is 0 Å². The van der Waals surface area contributed by atoms with E-state index in [0.717, 1.165) is 5.65 Å². The molecule has 0 spiro atoms. The van der Waals surface area contributed by atoms with Gasteiger partial charge in [0.15, 0.2) is 5.65 Å². The molecule has 13 heavy (non-hydrogen) atoms. The number of hydrogen-bond acceptors (Lipinski definition) is 2. The van der Waals surface area contributed by atoms with Gasteiger partial charge >= 0.3 is 0 Å². The van der Waals surface area contributed by atoms with Gasteiger partial charge in [-0.3, -0.25) is 0 Å². The van der Waals surface area contributed by atoms with E-state index in [1.807, 2.05) is 52.1 Å². The molecule has 0 aliphatic carbocycles. The van der Waals surface area contributed by atoms with Gasteiger partial charge in [-0.1, -0.05) is 33.8 Å². The van der Waals surface area contributed by atoms with Gasteiger partial charge in [0.25, 0.3) is 0 Å². The molecule has 2 aromatic heterocycles. The Morgan fingerprint density at radius 3 is 2.38 bits per heavy atom. The minimum Gasteiger partial charge on any atom is -0.221 e. The van der Waals surface area contributed by atoms with Crippen molar-refractivity contribution in [2.75, 3.05) is 0 Å². The van der Waals surface area contributed by atoms with Gasteiger partial charge in [0.05, 0.1) is 0 Å². The fourth-order valence-electron chi connectivity index (χ4n) is 0.766. The van der Waals surface area contributed by atoms with Crippen molar-refractivity contribution in [2.24, 2.45) is 0 Å². The van der Waals surface area contributed by atoms with Crippen LogP contribution in [0.4, 0.5) is 0 Å². The standard InChI is InChI=1S/C6H5N3.2C2H6/c1-2-4-9-6(3-1)7-5-8-9;2*1-2/h1-5H;2*1-2H3. The van der Waals surface area contributed by atoms with Gasteiger partial charge in [-0.05, 0) is 12.1 Å². The lowest BCUT2D eigenvalue weighted by atomic mass is 10.5. The second-order valence-corrected chi connectivity index (χ2v) is 1.76. The number of nitrogens with zero attached hydrogens (tertiary/aromatic N) is 3. The van der Waals surface area contributed by atoms with Crippen molar-refractivity contribution >= 4 is 5.65 Å². The lowest BCUT2D eigenvalue weighted by molar-refractivity contribution is 0.961. The number of rotatable bonds is 0. The maximum Gasteiger partial charge on any atom is 0.155 e. The average molecular weight is 179 g/mol. The summed E-state index contributed by atoms with van der Waals surface area (Å²) in [7, 11) is 0. The fourth-order valence-corrected chi connectivity index (χ4v) is 0.766. The Bertz CT molecular complexity index is 284. The first-order valence-corrected chi connectivity index (χ1v) is 4.71. The third-order valence-corrected chi connectivity index (χ3v) is 1.18. The molecular weight excluding hydrogens is 162 g/mol. The second kappa shape index (κ2) is 7.28. The molecule has 0 aliphatic rings. The summed E-state index contributed by atoms with van der Waals surface area (Å²) in [6.45, 7) is 8.00. The van der Waals surface area contributed by atoms with Crippen LogP contribution in [-0.4, -0.2) is 14.6 Å². The van der Waals surface area contributed by atoms with Gasteiger partial charge in [-0.2, -0.15) is 5.10 Å². The Kier molecular flexibility index (Phi) is 6.51. The first-order chi connectivity index (χ1) is 6.47. The zero-order valence-corrected chi connectivity index (χ0v) is 8.73. The first-order valence-electron chi connectivity index (χ1n) is 4.71. The highest BCUT2D eigenvalue weighted by atomic mass is 15.3.